The zero-order valence-electron chi connectivity index (χ0n) is 26.9. The van der Waals surface area contributed by atoms with Crippen LogP contribution in [-0.4, -0.2) is 79.7 Å². The molecule has 3 unspecified atom stereocenters. The first-order chi connectivity index (χ1) is 22.2. The van der Waals surface area contributed by atoms with Crippen LogP contribution in [0.2, 0.25) is 0 Å². The number of rotatable bonds is 15. The van der Waals surface area contributed by atoms with Crippen LogP contribution in [0.15, 0.2) is 73.8 Å². The Morgan fingerprint density at radius 1 is 1.04 bits per heavy atom. The van der Waals surface area contributed by atoms with Gasteiger partial charge in [0.15, 0.2) is 0 Å². The van der Waals surface area contributed by atoms with Crippen molar-refractivity contribution in [3.05, 3.63) is 90.5 Å². The highest BCUT2D eigenvalue weighted by atomic mass is 79.9. The van der Waals surface area contributed by atoms with E-state index in [0.717, 1.165) is 41.6 Å². The van der Waals surface area contributed by atoms with Crippen LogP contribution in [0.5, 0.6) is 0 Å². The smallest absolute Gasteiger partial charge is 0.251 e. The van der Waals surface area contributed by atoms with Crippen molar-refractivity contribution in [3.8, 4) is 0 Å². The van der Waals surface area contributed by atoms with Crippen molar-refractivity contribution >= 4 is 51.1 Å². The molecule has 2 aromatic carbocycles. The molecule has 3 amide bonds. The number of nitrogens with zero attached hydrogens (tertiary/aromatic N) is 3. The van der Waals surface area contributed by atoms with Gasteiger partial charge in [-0.15, -0.1) is 24.9 Å². The number of aliphatic hydroxyl groups is 1. The Balaban J connectivity index is 1.54. The summed E-state index contributed by atoms with van der Waals surface area (Å²) >= 11 is 5.59. The van der Waals surface area contributed by atoms with Crippen LogP contribution in [0.1, 0.15) is 48.8 Å². The highest BCUT2D eigenvalue weighted by Gasteiger charge is 2.76. The molecule has 2 bridgehead atoms. The average molecular weight is 709 g/mol. The lowest BCUT2D eigenvalue weighted by atomic mass is 9.70. The summed E-state index contributed by atoms with van der Waals surface area (Å²) in [7, 11) is 0. The van der Waals surface area contributed by atoms with Gasteiger partial charge in [-0.25, -0.2) is 0 Å². The van der Waals surface area contributed by atoms with Gasteiger partial charge in [-0.05, 0) is 55.9 Å². The number of amides is 3. The Kier molecular flexibility index (Phi) is 11.2. The van der Waals surface area contributed by atoms with Crippen molar-refractivity contribution in [2.45, 2.75) is 73.4 Å². The number of benzene rings is 2. The van der Waals surface area contributed by atoms with Crippen molar-refractivity contribution in [1.29, 1.82) is 0 Å². The number of fused-ring (bicyclic) bond motifs is 1. The second-order valence-corrected chi connectivity index (χ2v) is 15.6. The van der Waals surface area contributed by atoms with E-state index < -0.39 is 22.6 Å². The normalized spacial score (nSPS) is 26.2. The molecule has 46 heavy (non-hydrogen) atoms. The topological polar surface area (TPSA) is 81.2 Å². The summed E-state index contributed by atoms with van der Waals surface area (Å²) in [5.74, 6) is -1.41. The van der Waals surface area contributed by atoms with Gasteiger partial charge in [0, 0.05) is 48.6 Å². The minimum absolute atomic E-state index is 0.00818. The number of aliphatic hydroxyl groups excluding tert-OH is 1. The summed E-state index contributed by atoms with van der Waals surface area (Å²) < 4.78 is -0.734. The molecular formula is C37H46BrN3O4S. The first-order valence-electron chi connectivity index (χ1n) is 16.3. The molecule has 7 nitrogen and oxygen atoms in total. The van der Waals surface area contributed by atoms with Crippen LogP contribution in [0.25, 0.3) is 0 Å². The Labute approximate surface area is 286 Å². The third kappa shape index (κ3) is 6.47. The molecule has 1 N–H and O–H groups in total. The second kappa shape index (κ2) is 14.9. The first kappa shape index (κ1) is 34.5. The Bertz CT molecular complexity index is 1450. The van der Waals surface area contributed by atoms with Gasteiger partial charge >= 0.3 is 0 Å². The number of thioether (sulfide) groups is 1. The fourth-order valence-electron chi connectivity index (χ4n) is 7.68. The number of carbonyl (C=O) groups is 3. The molecule has 0 aliphatic carbocycles. The Morgan fingerprint density at radius 2 is 1.76 bits per heavy atom. The zero-order chi connectivity index (χ0) is 33.0. The van der Waals surface area contributed by atoms with Crippen LogP contribution >= 0.6 is 27.7 Å². The second-order valence-electron chi connectivity index (χ2n) is 12.9. The highest BCUT2D eigenvalue weighted by Crippen LogP contribution is 2.68. The van der Waals surface area contributed by atoms with Crippen LogP contribution in [-0.2, 0) is 20.9 Å². The molecule has 3 fully saturated rings. The largest absolute Gasteiger partial charge is 0.396 e. The number of hydrogen-bond donors (Lipinski definition) is 1. The van der Waals surface area contributed by atoms with Gasteiger partial charge in [0.05, 0.1) is 16.6 Å². The van der Waals surface area contributed by atoms with E-state index >= 15 is 0 Å². The quantitative estimate of drug-likeness (QED) is 0.138. The first-order valence-corrected chi connectivity index (χ1v) is 18.1. The van der Waals surface area contributed by atoms with Crippen molar-refractivity contribution in [3.63, 3.8) is 0 Å². The van der Waals surface area contributed by atoms with Crippen molar-refractivity contribution < 1.29 is 19.5 Å². The minimum Gasteiger partial charge on any atom is -0.396 e. The molecule has 0 saturated carbocycles. The molecule has 3 heterocycles. The number of hydrogen-bond acceptors (Lipinski definition) is 5. The highest BCUT2D eigenvalue weighted by molar-refractivity contribution is 9.09. The van der Waals surface area contributed by atoms with E-state index in [0.29, 0.717) is 39.0 Å². The fraction of sp³-hybridized carbons (Fsp3) is 0.486. The maximum atomic E-state index is 15.0. The summed E-state index contributed by atoms with van der Waals surface area (Å²) in [6.07, 6.45) is 7.25. The molecular weight excluding hydrogens is 662 g/mol. The summed E-state index contributed by atoms with van der Waals surface area (Å²) in [6.45, 7) is 13.6. The molecule has 5 rings (SSSR count). The predicted molar refractivity (Wildman–Crippen MR) is 190 cm³/mol. The van der Waals surface area contributed by atoms with Gasteiger partial charge in [0.25, 0.3) is 5.91 Å². The molecule has 2 aromatic rings. The Hall–Kier alpha value is -2.88. The predicted octanol–water partition coefficient (Wildman–Crippen LogP) is 6.05. The van der Waals surface area contributed by atoms with E-state index in [2.05, 4.69) is 29.1 Å². The fourth-order valence-corrected chi connectivity index (χ4v) is 11.3. The van der Waals surface area contributed by atoms with Crippen LogP contribution in [0.4, 0.5) is 5.69 Å². The van der Waals surface area contributed by atoms with E-state index in [1.807, 2.05) is 67.3 Å². The monoisotopic (exact) mass is 707 g/mol. The Morgan fingerprint density at radius 3 is 2.46 bits per heavy atom. The van der Waals surface area contributed by atoms with E-state index in [9.17, 15) is 19.5 Å². The lowest BCUT2D eigenvalue weighted by Crippen LogP contribution is -2.56. The zero-order valence-corrected chi connectivity index (χ0v) is 29.3. The maximum Gasteiger partial charge on any atom is 0.251 e. The molecule has 246 valence electrons. The summed E-state index contributed by atoms with van der Waals surface area (Å²) in [6, 6.07) is 15.3. The molecule has 0 radical (unpaired) electrons. The molecule has 0 aromatic heterocycles. The number of anilines is 1. The van der Waals surface area contributed by atoms with Gasteiger partial charge < -0.3 is 19.8 Å². The van der Waals surface area contributed by atoms with Crippen LogP contribution < -0.4 is 4.90 Å². The van der Waals surface area contributed by atoms with Gasteiger partial charge in [-0.1, -0.05) is 83.4 Å². The van der Waals surface area contributed by atoms with Crippen molar-refractivity contribution in [2.24, 2.45) is 11.8 Å². The number of unbranched alkanes of at least 4 members (excludes halogenated alkanes) is 3. The molecule has 6 atom stereocenters. The van der Waals surface area contributed by atoms with Gasteiger partial charge in [0.2, 0.25) is 11.8 Å². The van der Waals surface area contributed by atoms with E-state index in [-0.39, 0.29) is 34.4 Å². The summed E-state index contributed by atoms with van der Waals surface area (Å²) in [5, 5.41) is 9.16. The van der Waals surface area contributed by atoms with Crippen LogP contribution in [0.3, 0.4) is 0 Å². The lowest BCUT2D eigenvalue weighted by Gasteiger charge is -2.38. The van der Waals surface area contributed by atoms with E-state index in [1.54, 1.807) is 33.7 Å². The summed E-state index contributed by atoms with van der Waals surface area (Å²) in [5.41, 5.74) is 3.86. The molecule has 1 spiro atoms. The number of aryl methyl sites for hydroxylation is 2. The summed E-state index contributed by atoms with van der Waals surface area (Å²) in [4.78, 5) is 49.6. The third-order valence-corrected chi connectivity index (χ3v) is 12.9. The average Bonchev–Trinajstić information content (AvgIpc) is 3.64. The van der Waals surface area contributed by atoms with E-state index in [1.165, 1.54) is 0 Å². The van der Waals surface area contributed by atoms with E-state index in [4.69, 9.17) is 0 Å². The number of halogens is 1. The van der Waals surface area contributed by atoms with Crippen LogP contribution in [0, 0.1) is 25.7 Å². The van der Waals surface area contributed by atoms with Gasteiger partial charge in [-0.2, -0.15) is 0 Å². The third-order valence-electron chi connectivity index (χ3n) is 9.73. The van der Waals surface area contributed by atoms with Crippen molar-refractivity contribution in [2.75, 3.05) is 31.1 Å². The van der Waals surface area contributed by atoms with Gasteiger partial charge in [0.1, 0.15) is 6.04 Å². The number of alkyl halides is 1. The molecule has 3 aliphatic rings. The van der Waals surface area contributed by atoms with Crippen molar-refractivity contribution in [1.82, 2.24) is 9.80 Å². The lowest BCUT2D eigenvalue weighted by molar-refractivity contribution is -0.144. The number of likely N-dealkylation sites (tertiary alicyclic amines) is 1. The minimum atomic E-state index is -0.734. The maximum absolute atomic E-state index is 15.0. The number of carbonyl (C=O) groups excluding carboxylic acids is 3. The molecule has 3 aliphatic heterocycles. The SMILES string of the molecule is C=CCN(Cc1ccccc1)C(=O)[C@H]1[C@H]2C(=O)N(CCCCCCO)C(C(=O)N(CC=C)c3cc(C)ccc3C)C23CC(Br)[C@@H]1S3. The molecule has 3 saturated heterocycles. The standard InChI is InChI=1S/C37H46BrN3O4S/c1-5-18-39(24-27-14-10-9-11-15-27)34(43)30-31-35(44)41(20-12-7-8-13-21-42)33(37(31)23-28(38)32(30)46-37)36(45)40(19-6-2)29-22-25(3)16-17-26(29)4/h5-6,9-11,14-17,22,28,30-33,42H,1-2,7-8,12-13,18-21,23-24H2,3-4H3/t28?,30-,31-,32-,33?,37?/m0/s1. The molecule has 9 heteroatoms. The van der Waals surface area contributed by atoms with Gasteiger partial charge in [-0.3, -0.25) is 14.4 Å².